The number of amides is 1. The molecule has 2 aliphatic carbocycles. The molecule has 4 heteroatoms. The van der Waals surface area contributed by atoms with Gasteiger partial charge in [0.15, 0.2) is 0 Å². The summed E-state index contributed by atoms with van der Waals surface area (Å²) in [6.45, 7) is 2.95. The summed E-state index contributed by atoms with van der Waals surface area (Å²) in [5.41, 5.74) is 3.61. The maximum absolute atomic E-state index is 13.3. The Labute approximate surface area is 160 Å². The maximum Gasteiger partial charge on any atom is 0.226 e. The molecular weight excluding hydrogens is 344 g/mol. The van der Waals surface area contributed by atoms with Gasteiger partial charge in [0.2, 0.25) is 5.91 Å². The zero-order valence-corrected chi connectivity index (χ0v) is 16.0. The summed E-state index contributed by atoms with van der Waals surface area (Å²) in [6.07, 6.45) is 6.98. The van der Waals surface area contributed by atoms with E-state index in [9.17, 15) is 4.79 Å². The quantitative estimate of drug-likeness (QED) is 0.730. The van der Waals surface area contributed by atoms with Crippen LogP contribution < -0.4 is 0 Å². The van der Waals surface area contributed by atoms with E-state index in [0.717, 1.165) is 49.4 Å². The molecule has 1 aromatic carbocycles. The van der Waals surface area contributed by atoms with Crippen molar-refractivity contribution in [1.29, 1.82) is 0 Å². The van der Waals surface area contributed by atoms with Crippen molar-refractivity contribution >= 4 is 17.5 Å². The Hall–Kier alpha value is -1.87. The molecule has 2 aromatic rings. The lowest BCUT2D eigenvalue weighted by molar-refractivity contribution is -0.135. The molecule has 0 saturated heterocycles. The SMILES string of the molecule is CCCN(C(=O)[C@@H]1C[C@H]1c1cccc(Cl)c1)[C@@H]1CCCc2cccnc21. The number of halogens is 1. The number of nitrogens with zero attached hydrogens (tertiary/aromatic N) is 2. The highest BCUT2D eigenvalue weighted by Crippen LogP contribution is 2.50. The predicted molar refractivity (Wildman–Crippen MR) is 104 cm³/mol. The van der Waals surface area contributed by atoms with Gasteiger partial charge in [-0.25, -0.2) is 0 Å². The highest BCUT2D eigenvalue weighted by Gasteiger charge is 2.47. The van der Waals surface area contributed by atoms with Gasteiger partial charge in [0.25, 0.3) is 0 Å². The van der Waals surface area contributed by atoms with E-state index in [1.54, 1.807) is 0 Å². The van der Waals surface area contributed by atoms with Crippen LogP contribution in [-0.4, -0.2) is 22.3 Å². The molecule has 1 fully saturated rings. The second kappa shape index (κ2) is 7.40. The van der Waals surface area contributed by atoms with Gasteiger partial charge < -0.3 is 4.90 Å². The lowest BCUT2D eigenvalue weighted by atomic mass is 9.90. The van der Waals surface area contributed by atoms with Crippen LogP contribution in [0.4, 0.5) is 0 Å². The third kappa shape index (κ3) is 3.37. The van der Waals surface area contributed by atoms with E-state index >= 15 is 0 Å². The standard InChI is InChI=1S/C22H25ClN2O/c1-2-12-25(20-10-4-6-15-8-5-11-24-21(15)20)22(26)19-14-18(19)16-7-3-9-17(23)13-16/h3,5,7-9,11,13,18-20H,2,4,6,10,12,14H2,1H3/t18-,19+,20+/m0/s1. The van der Waals surface area contributed by atoms with Gasteiger partial charge in [0.1, 0.15) is 0 Å². The normalized spacial score (nSPS) is 24.0. The van der Waals surface area contributed by atoms with Gasteiger partial charge in [-0.1, -0.05) is 36.7 Å². The topological polar surface area (TPSA) is 33.2 Å². The number of carbonyl (C=O) groups is 1. The van der Waals surface area contributed by atoms with E-state index in [1.165, 1.54) is 11.1 Å². The molecule has 26 heavy (non-hydrogen) atoms. The van der Waals surface area contributed by atoms with Crippen molar-refractivity contribution in [2.24, 2.45) is 5.92 Å². The van der Waals surface area contributed by atoms with Crippen molar-refractivity contribution < 1.29 is 4.79 Å². The first kappa shape index (κ1) is 17.5. The highest BCUT2D eigenvalue weighted by molar-refractivity contribution is 6.30. The minimum Gasteiger partial charge on any atom is -0.334 e. The Kier molecular flexibility index (Phi) is 4.99. The Bertz CT molecular complexity index is 806. The van der Waals surface area contributed by atoms with E-state index in [4.69, 9.17) is 11.6 Å². The van der Waals surface area contributed by atoms with Gasteiger partial charge in [-0.3, -0.25) is 9.78 Å². The molecule has 0 aliphatic heterocycles. The fraction of sp³-hybridized carbons (Fsp3) is 0.455. The fourth-order valence-electron chi connectivity index (χ4n) is 4.34. The molecule has 1 amide bonds. The molecule has 0 bridgehead atoms. The third-order valence-corrected chi connectivity index (χ3v) is 5.91. The first-order chi connectivity index (χ1) is 12.7. The largest absolute Gasteiger partial charge is 0.334 e. The van der Waals surface area contributed by atoms with E-state index in [1.807, 2.05) is 30.5 Å². The van der Waals surface area contributed by atoms with Crippen molar-refractivity contribution in [2.45, 2.75) is 51.0 Å². The monoisotopic (exact) mass is 368 g/mol. The molecule has 3 atom stereocenters. The van der Waals surface area contributed by atoms with Gasteiger partial charge >= 0.3 is 0 Å². The number of rotatable bonds is 5. The molecule has 1 aromatic heterocycles. The van der Waals surface area contributed by atoms with E-state index in [2.05, 4.69) is 28.9 Å². The zero-order chi connectivity index (χ0) is 18.1. The average molecular weight is 369 g/mol. The van der Waals surface area contributed by atoms with Crippen LogP contribution in [0.15, 0.2) is 42.6 Å². The molecular formula is C22H25ClN2O. The Morgan fingerprint density at radius 2 is 2.19 bits per heavy atom. The van der Waals surface area contributed by atoms with Crippen LogP contribution in [0, 0.1) is 5.92 Å². The third-order valence-electron chi connectivity index (χ3n) is 5.67. The van der Waals surface area contributed by atoms with Gasteiger partial charge in [0, 0.05) is 23.7 Å². The summed E-state index contributed by atoms with van der Waals surface area (Å²) in [6, 6.07) is 12.2. The Morgan fingerprint density at radius 1 is 1.31 bits per heavy atom. The summed E-state index contributed by atoms with van der Waals surface area (Å²) in [7, 11) is 0. The van der Waals surface area contributed by atoms with Crippen molar-refractivity contribution in [3.05, 3.63) is 64.4 Å². The first-order valence-corrected chi connectivity index (χ1v) is 10.1. The van der Waals surface area contributed by atoms with E-state index in [-0.39, 0.29) is 12.0 Å². The van der Waals surface area contributed by atoms with Crippen LogP contribution in [0.5, 0.6) is 0 Å². The van der Waals surface area contributed by atoms with Crippen LogP contribution in [0.25, 0.3) is 0 Å². The number of benzene rings is 1. The summed E-state index contributed by atoms with van der Waals surface area (Å²) < 4.78 is 0. The number of aromatic nitrogens is 1. The number of hydrogen-bond donors (Lipinski definition) is 0. The Balaban J connectivity index is 1.55. The van der Waals surface area contributed by atoms with Gasteiger partial charge in [-0.2, -0.15) is 0 Å². The molecule has 0 unspecified atom stereocenters. The number of aryl methyl sites for hydroxylation is 1. The van der Waals surface area contributed by atoms with Crippen LogP contribution in [0.3, 0.4) is 0 Å². The molecule has 0 radical (unpaired) electrons. The molecule has 0 spiro atoms. The smallest absolute Gasteiger partial charge is 0.226 e. The molecule has 136 valence electrons. The Morgan fingerprint density at radius 3 is 3.00 bits per heavy atom. The fourth-order valence-corrected chi connectivity index (χ4v) is 4.53. The highest BCUT2D eigenvalue weighted by atomic mass is 35.5. The molecule has 1 heterocycles. The minimum atomic E-state index is 0.0918. The number of pyridine rings is 1. The second-order valence-corrected chi connectivity index (χ2v) is 7.93. The lowest BCUT2D eigenvalue weighted by Gasteiger charge is -2.35. The lowest BCUT2D eigenvalue weighted by Crippen LogP contribution is -2.39. The molecule has 2 aliphatic rings. The first-order valence-electron chi connectivity index (χ1n) is 9.68. The zero-order valence-electron chi connectivity index (χ0n) is 15.2. The second-order valence-electron chi connectivity index (χ2n) is 7.49. The van der Waals surface area contributed by atoms with Crippen molar-refractivity contribution in [2.75, 3.05) is 6.54 Å². The minimum absolute atomic E-state index is 0.0918. The van der Waals surface area contributed by atoms with E-state index < -0.39 is 0 Å². The van der Waals surface area contributed by atoms with Crippen molar-refractivity contribution in [3.8, 4) is 0 Å². The predicted octanol–water partition coefficient (Wildman–Crippen LogP) is 5.15. The van der Waals surface area contributed by atoms with Gasteiger partial charge in [0.05, 0.1) is 11.7 Å². The molecule has 0 N–H and O–H groups in total. The molecule has 4 rings (SSSR count). The number of carbonyl (C=O) groups excluding carboxylic acids is 1. The van der Waals surface area contributed by atoms with Gasteiger partial charge in [-0.15, -0.1) is 0 Å². The summed E-state index contributed by atoms with van der Waals surface area (Å²) in [5.74, 6) is 0.696. The number of fused-ring (bicyclic) bond motifs is 1. The average Bonchev–Trinajstić information content (AvgIpc) is 3.46. The van der Waals surface area contributed by atoms with E-state index in [0.29, 0.717) is 11.8 Å². The van der Waals surface area contributed by atoms with Crippen LogP contribution in [-0.2, 0) is 11.2 Å². The maximum atomic E-state index is 13.3. The van der Waals surface area contributed by atoms with Gasteiger partial charge in [-0.05, 0) is 67.3 Å². The molecule has 3 nitrogen and oxygen atoms in total. The van der Waals surface area contributed by atoms with Crippen LogP contribution >= 0.6 is 11.6 Å². The molecule has 1 saturated carbocycles. The summed E-state index contributed by atoms with van der Waals surface area (Å²) >= 11 is 6.13. The van der Waals surface area contributed by atoms with Crippen molar-refractivity contribution in [3.63, 3.8) is 0 Å². The van der Waals surface area contributed by atoms with Crippen LogP contribution in [0.1, 0.15) is 61.4 Å². The summed E-state index contributed by atoms with van der Waals surface area (Å²) in [4.78, 5) is 20.1. The van der Waals surface area contributed by atoms with Crippen molar-refractivity contribution in [1.82, 2.24) is 9.88 Å². The number of hydrogen-bond acceptors (Lipinski definition) is 2. The summed E-state index contributed by atoms with van der Waals surface area (Å²) in [5, 5.41) is 0.747. The van der Waals surface area contributed by atoms with Crippen LogP contribution in [0.2, 0.25) is 5.02 Å².